The van der Waals surface area contributed by atoms with Crippen LogP contribution in [0.15, 0.2) is 24.3 Å². The van der Waals surface area contributed by atoms with Crippen molar-refractivity contribution in [1.82, 2.24) is 0 Å². The van der Waals surface area contributed by atoms with Crippen LogP contribution in [0.4, 0.5) is 14.5 Å². The van der Waals surface area contributed by atoms with Crippen LogP contribution in [-0.4, -0.2) is 0 Å². The molecule has 1 rings (SSSR count). The molecule has 3 heteroatoms. The summed E-state index contributed by atoms with van der Waals surface area (Å²) in [6.07, 6.45) is 1.14. The molecule has 1 aromatic carbocycles. The molecule has 2 N–H and O–H groups in total. The standard InChI is InChI=1S/C10H11F2N/c1-2-3-7-4-5-8(10(11)12)6-9(7)13/h2-6,10H,13H2,1H3/b3-2-. The van der Waals surface area contributed by atoms with Gasteiger partial charge in [0.05, 0.1) is 0 Å². The Morgan fingerprint density at radius 3 is 2.54 bits per heavy atom. The molecule has 0 aliphatic carbocycles. The van der Waals surface area contributed by atoms with Crippen LogP contribution in [-0.2, 0) is 0 Å². The van der Waals surface area contributed by atoms with Gasteiger partial charge in [0.2, 0.25) is 0 Å². The van der Waals surface area contributed by atoms with E-state index in [1.54, 1.807) is 12.1 Å². The summed E-state index contributed by atoms with van der Waals surface area (Å²) in [7, 11) is 0. The van der Waals surface area contributed by atoms with Gasteiger partial charge in [0.25, 0.3) is 6.43 Å². The molecular formula is C10H11F2N. The average Bonchev–Trinajstić information content (AvgIpc) is 2.08. The molecule has 70 valence electrons. The van der Waals surface area contributed by atoms with E-state index < -0.39 is 6.43 Å². The summed E-state index contributed by atoms with van der Waals surface area (Å²) in [6, 6.07) is 4.28. The third-order valence-electron chi connectivity index (χ3n) is 1.71. The molecule has 0 saturated carbocycles. The first-order valence-corrected chi connectivity index (χ1v) is 3.95. The van der Waals surface area contributed by atoms with Gasteiger partial charge in [-0.15, -0.1) is 0 Å². The zero-order valence-corrected chi connectivity index (χ0v) is 7.30. The zero-order chi connectivity index (χ0) is 9.84. The Bertz CT molecular complexity index is 319. The van der Waals surface area contributed by atoms with Gasteiger partial charge in [-0.2, -0.15) is 0 Å². The summed E-state index contributed by atoms with van der Waals surface area (Å²) in [6.45, 7) is 1.85. The number of anilines is 1. The van der Waals surface area contributed by atoms with E-state index in [4.69, 9.17) is 5.73 Å². The van der Waals surface area contributed by atoms with Crippen LogP contribution >= 0.6 is 0 Å². The highest BCUT2D eigenvalue weighted by Gasteiger charge is 2.07. The predicted octanol–water partition coefficient (Wildman–Crippen LogP) is 3.24. The van der Waals surface area contributed by atoms with Gasteiger partial charge in [0.1, 0.15) is 0 Å². The Morgan fingerprint density at radius 1 is 1.38 bits per heavy atom. The first-order valence-electron chi connectivity index (χ1n) is 3.95. The smallest absolute Gasteiger partial charge is 0.263 e. The molecule has 13 heavy (non-hydrogen) atoms. The topological polar surface area (TPSA) is 26.0 Å². The average molecular weight is 183 g/mol. The van der Waals surface area contributed by atoms with E-state index in [0.717, 1.165) is 5.56 Å². The summed E-state index contributed by atoms with van der Waals surface area (Å²) < 4.78 is 24.4. The molecule has 1 nitrogen and oxygen atoms in total. The predicted molar refractivity (Wildman–Crippen MR) is 50.5 cm³/mol. The van der Waals surface area contributed by atoms with Crippen molar-refractivity contribution in [1.29, 1.82) is 0 Å². The van der Waals surface area contributed by atoms with E-state index in [9.17, 15) is 8.78 Å². The molecule has 0 heterocycles. The highest BCUT2D eigenvalue weighted by atomic mass is 19.3. The fourth-order valence-electron chi connectivity index (χ4n) is 1.06. The lowest BCUT2D eigenvalue weighted by atomic mass is 10.1. The molecular weight excluding hydrogens is 172 g/mol. The van der Waals surface area contributed by atoms with Crippen molar-refractivity contribution in [3.05, 3.63) is 35.4 Å². The van der Waals surface area contributed by atoms with Crippen molar-refractivity contribution in [2.45, 2.75) is 13.3 Å². The minimum atomic E-state index is -2.46. The summed E-state index contributed by atoms with van der Waals surface area (Å²) >= 11 is 0. The summed E-state index contributed by atoms with van der Waals surface area (Å²) in [5.41, 5.74) is 6.68. The van der Waals surface area contributed by atoms with Crippen molar-refractivity contribution < 1.29 is 8.78 Å². The second-order valence-electron chi connectivity index (χ2n) is 2.69. The lowest BCUT2D eigenvalue weighted by Gasteiger charge is -2.03. The molecule has 0 aliphatic rings. The van der Waals surface area contributed by atoms with E-state index in [1.165, 1.54) is 12.1 Å². The number of hydrogen-bond acceptors (Lipinski definition) is 1. The summed E-state index contributed by atoms with van der Waals surface area (Å²) in [5.74, 6) is 0. The van der Waals surface area contributed by atoms with E-state index in [-0.39, 0.29) is 5.56 Å². The van der Waals surface area contributed by atoms with Crippen molar-refractivity contribution in [2.75, 3.05) is 5.73 Å². The fraction of sp³-hybridized carbons (Fsp3) is 0.200. The monoisotopic (exact) mass is 183 g/mol. The molecule has 0 bridgehead atoms. The lowest BCUT2D eigenvalue weighted by Crippen LogP contribution is -1.92. The van der Waals surface area contributed by atoms with Crippen molar-refractivity contribution in [2.24, 2.45) is 0 Å². The maximum absolute atomic E-state index is 12.2. The van der Waals surface area contributed by atoms with Gasteiger partial charge in [-0.3, -0.25) is 0 Å². The molecule has 0 aliphatic heterocycles. The van der Waals surface area contributed by atoms with Gasteiger partial charge in [0.15, 0.2) is 0 Å². The first-order chi connectivity index (χ1) is 6.15. The molecule has 0 atom stereocenters. The molecule has 0 fully saturated rings. The number of hydrogen-bond donors (Lipinski definition) is 1. The normalized spacial score (nSPS) is 11.4. The molecule has 0 amide bonds. The maximum atomic E-state index is 12.2. The Labute approximate surface area is 75.9 Å². The highest BCUT2D eigenvalue weighted by molar-refractivity contribution is 5.65. The van der Waals surface area contributed by atoms with Gasteiger partial charge < -0.3 is 5.73 Å². The number of nitrogen functional groups attached to an aromatic ring is 1. The molecule has 0 saturated heterocycles. The first kappa shape index (κ1) is 9.71. The van der Waals surface area contributed by atoms with E-state index in [1.807, 2.05) is 13.0 Å². The summed E-state index contributed by atoms with van der Waals surface area (Å²) in [5, 5.41) is 0. The number of rotatable bonds is 2. The van der Waals surface area contributed by atoms with Crippen LogP contribution in [0.5, 0.6) is 0 Å². The third kappa shape index (κ3) is 2.28. The van der Waals surface area contributed by atoms with Crippen LogP contribution in [0, 0.1) is 0 Å². The van der Waals surface area contributed by atoms with Crippen LogP contribution in [0.1, 0.15) is 24.5 Å². The Kier molecular flexibility index (Phi) is 3.01. The van der Waals surface area contributed by atoms with Crippen LogP contribution in [0.3, 0.4) is 0 Å². The number of allylic oxidation sites excluding steroid dienone is 1. The lowest BCUT2D eigenvalue weighted by molar-refractivity contribution is 0.151. The van der Waals surface area contributed by atoms with Crippen molar-refractivity contribution in [3.8, 4) is 0 Å². The molecule has 0 radical (unpaired) electrons. The van der Waals surface area contributed by atoms with Gasteiger partial charge in [0, 0.05) is 11.3 Å². The number of alkyl halides is 2. The minimum absolute atomic E-state index is 0.0363. The van der Waals surface area contributed by atoms with E-state index in [2.05, 4.69) is 0 Å². The number of halogens is 2. The fourth-order valence-corrected chi connectivity index (χ4v) is 1.06. The maximum Gasteiger partial charge on any atom is 0.263 e. The quantitative estimate of drug-likeness (QED) is 0.700. The van der Waals surface area contributed by atoms with E-state index in [0.29, 0.717) is 5.69 Å². The number of nitrogens with two attached hydrogens (primary N) is 1. The molecule has 1 aromatic rings. The SMILES string of the molecule is C/C=C\c1ccc(C(F)F)cc1N. The second-order valence-corrected chi connectivity index (χ2v) is 2.69. The van der Waals surface area contributed by atoms with Gasteiger partial charge in [-0.1, -0.05) is 24.3 Å². The Hall–Kier alpha value is -1.38. The minimum Gasteiger partial charge on any atom is -0.398 e. The second kappa shape index (κ2) is 4.03. The van der Waals surface area contributed by atoms with Gasteiger partial charge in [-0.05, 0) is 18.6 Å². The largest absolute Gasteiger partial charge is 0.398 e. The Morgan fingerprint density at radius 2 is 2.08 bits per heavy atom. The third-order valence-corrected chi connectivity index (χ3v) is 1.71. The van der Waals surface area contributed by atoms with Gasteiger partial charge >= 0.3 is 0 Å². The number of benzene rings is 1. The van der Waals surface area contributed by atoms with Crippen molar-refractivity contribution in [3.63, 3.8) is 0 Å². The van der Waals surface area contributed by atoms with Crippen LogP contribution in [0.2, 0.25) is 0 Å². The molecule has 0 unspecified atom stereocenters. The molecule has 0 spiro atoms. The zero-order valence-electron chi connectivity index (χ0n) is 7.30. The van der Waals surface area contributed by atoms with Gasteiger partial charge in [-0.25, -0.2) is 8.78 Å². The molecule has 0 aromatic heterocycles. The summed E-state index contributed by atoms with van der Waals surface area (Å²) in [4.78, 5) is 0. The Balaban J connectivity index is 3.05. The van der Waals surface area contributed by atoms with Crippen molar-refractivity contribution >= 4 is 11.8 Å². The van der Waals surface area contributed by atoms with Crippen LogP contribution < -0.4 is 5.73 Å². The van der Waals surface area contributed by atoms with E-state index >= 15 is 0 Å². The highest BCUT2D eigenvalue weighted by Crippen LogP contribution is 2.23. The van der Waals surface area contributed by atoms with Crippen LogP contribution in [0.25, 0.3) is 6.08 Å².